The molecule has 108 valence electrons. The van der Waals surface area contributed by atoms with Crippen molar-refractivity contribution in [2.75, 3.05) is 6.61 Å². The molecule has 0 aliphatic rings. The van der Waals surface area contributed by atoms with Crippen molar-refractivity contribution in [2.45, 2.75) is 32.4 Å². The van der Waals surface area contributed by atoms with E-state index in [0.29, 0.717) is 22.5 Å². The van der Waals surface area contributed by atoms with Crippen LogP contribution in [0.25, 0.3) is 11.2 Å². The van der Waals surface area contributed by atoms with E-state index in [1.165, 1.54) is 0 Å². The average molecular weight is 356 g/mol. The monoisotopic (exact) mass is 355 g/mol. The fourth-order valence-electron chi connectivity index (χ4n) is 1.69. The van der Waals surface area contributed by atoms with Crippen LogP contribution in [0.2, 0.25) is 25.7 Å². The number of fused-ring (bicyclic) bond motifs is 1. The SMILES string of the molecule is C[Si](C)(C)CCOCn1cnc2cc(Br)c(C=O)nc21. The number of pyridine rings is 1. The van der Waals surface area contributed by atoms with Crippen molar-refractivity contribution in [3.05, 3.63) is 22.6 Å². The molecule has 0 N–H and O–H groups in total. The van der Waals surface area contributed by atoms with E-state index in [1.807, 2.05) is 4.57 Å². The molecule has 0 radical (unpaired) electrons. The predicted octanol–water partition coefficient (Wildman–Crippen LogP) is 3.32. The third-order valence-corrected chi connectivity index (χ3v) is 5.25. The van der Waals surface area contributed by atoms with Crippen LogP contribution >= 0.6 is 15.9 Å². The second kappa shape index (κ2) is 6.15. The molecule has 0 bridgehead atoms. The van der Waals surface area contributed by atoms with Crippen molar-refractivity contribution in [1.29, 1.82) is 0 Å². The summed E-state index contributed by atoms with van der Waals surface area (Å²) in [6.45, 7) is 8.11. The number of aldehydes is 1. The molecule has 0 saturated carbocycles. The first-order chi connectivity index (χ1) is 9.40. The Bertz CT molecular complexity index is 622. The number of aromatic nitrogens is 3. The average Bonchev–Trinajstić information content (AvgIpc) is 2.74. The van der Waals surface area contributed by atoms with Gasteiger partial charge in [-0.05, 0) is 28.0 Å². The van der Waals surface area contributed by atoms with Crippen molar-refractivity contribution < 1.29 is 9.53 Å². The van der Waals surface area contributed by atoms with Crippen LogP contribution in [0.1, 0.15) is 10.5 Å². The Labute approximate surface area is 127 Å². The summed E-state index contributed by atoms with van der Waals surface area (Å²) in [7, 11) is -1.07. The van der Waals surface area contributed by atoms with E-state index in [-0.39, 0.29) is 0 Å². The van der Waals surface area contributed by atoms with Gasteiger partial charge in [-0.3, -0.25) is 9.36 Å². The van der Waals surface area contributed by atoms with Crippen LogP contribution < -0.4 is 0 Å². The van der Waals surface area contributed by atoms with Crippen molar-refractivity contribution in [1.82, 2.24) is 14.5 Å². The van der Waals surface area contributed by atoms with Gasteiger partial charge in [0, 0.05) is 19.2 Å². The lowest BCUT2D eigenvalue weighted by molar-refractivity contribution is 0.0894. The quantitative estimate of drug-likeness (QED) is 0.453. The molecule has 0 spiro atoms. The summed E-state index contributed by atoms with van der Waals surface area (Å²) in [6, 6.07) is 2.92. The van der Waals surface area contributed by atoms with E-state index >= 15 is 0 Å². The molecule has 0 aliphatic carbocycles. The summed E-state index contributed by atoms with van der Waals surface area (Å²) in [4.78, 5) is 19.5. The molecule has 0 aromatic carbocycles. The predicted molar refractivity (Wildman–Crippen MR) is 84.7 cm³/mol. The van der Waals surface area contributed by atoms with E-state index in [2.05, 4.69) is 45.5 Å². The lowest BCUT2D eigenvalue weighted by Gasteiger charge is -2.15. The van der Waals surface area contributed by atoms with Gasteiger partial charge in [-0.15, -0.1) is 0 Å². The summed E-state index contributed by atoms with van der Waals surface area (Å²) in [5.74, 6) is 0. The van der Waals surface area contributed by atoms with E-state index in [0.717, 1.165) is 24.5 Å². The largest absolute Gasteiger partial charge is 0.361 e. The zero-order valence-corrected chi connectivity index (χ0v) is 14.5. The molecule has 0 unspecified atom stereocenters. The second-order valence-corrected chi connectivity index (χ2v) is 12.4. The van der Waals surface area contributed by atoms with Gasteiger partial charge in [-0.1, -0.05) is 19.6 Å². The topological polar surface area (TPSA) is 57.0 Å². The third kappa shape index (κ3) is 3.74. The molecule has 0 amide bonds. The minimum atomic E-state index is -1.07. The van der Waals surface area contributed by atoms with E-state index in [1.54, 1.807) is 12.4 Å². The van der Waals surface area contributed by atoms with Crippen LogP contribution in [0, 0.1) is 0 Å². The molecular weight excluding hydrogens is 338 g/mol. The highest BCUT2D eigenvalue weighted by Crippen LogP contribution is 2.19. The van der Waals surface area contributed by atoms with Gasteiger partial charge in [0.05, 0.1) is 6.33 Å². The summed E-state index contributed by atoms with van der Waals surface area (Å²) >= 11 is 3.30. The number of carbonyl (C=O) groups is 1. The number of hydrogen-bond acceptors (Lipinski definition) is 4. The lowest BCUT2D eigenvalue weighted by Crippen LogP contribution is -2.22. The molecule has 0 fully saturated rings. The highest BCUT2D eigenvalue weighted by molar-refractivity contribution is 9.10. The number of halogens is 1. The number of ether oxygens (including phenoxy) is 1. The molecule has 2 aromatic rings. The maximum Gasteiger partial charge on any atom is 0.169 e. The minimum Gasteiger partial charge on any atom is -0.361 e. The standard InChI is InChI=1S/C13H18BrN3O2Si/c1-20(2,3)5-4-19-9-17-8-15-11-6-10(14)12(7-18)16-13(11)17/h6-8H,4-5,9H2,1-3H3. The Balaban J connectivity index is 2.09. The van der Waals surface area contributed by atoms with Crippen LogP contribution in [0.3, 0.4) is 0 Å². The summed E-state index contributed by atoms with van der Waals surface area (Å²) < 4.78 is 8.16. The maximum atomic E-state index is 10.9. The van der Waals surface area contributed by atoms with Gasteiger partial charge in [0.2, 0.25) is 0 Å². The molecule has 0 atom stereocenters. The molecule has 2 heterocycles. The smallest absolute Gasteiger partial charge is 0.169 e. The molecule has 2 aromatic heterocycles. The number of rotatable bonds is 6. The Morgan fingerprint density at radius 3 is 2.85 bits per heavy atom. The number of hydrogen-bond donors (Lipinski definition) is 0. The van der Waals surface area contributed by atoms with Crippen molar-refractivity contribution >= 4 is 41.5 Å². The highest BCUT2D eigenvalue weighted by atomic mass is 79.9. The van der Waals surface area contributed by atoms with Crippen molar-refractivity contribution in [2.24, 2.45) is 0 Å². The van der Waals surface area contributed by atoms with Crippen molar-refractivity contribution in [3.8, 4) is 0 Å². The van der Waals surface area contributed by atoms with Gasteiger partial charge >= 0.3 is 0 Å². The van der Waals surface area contributed by atoms with Crippen LogP contribution in [0.4, 0.5) is 0 Å². The van der Waals surface area contributed by atoms with Crippen LogP contribution in [-0.2, 0) is 11.5 Å². The fraction of sp³-hybridized carbons (Fsp3) is 0.462. The van der Waals surface area contributed by atoms with Gasteiger partial charge in [0.15, 0.2) is 11.9 Å². The molecule has 2 rings (SSSR count). The molecule has 7 heteroatoms. The van der Waals surface area contributed by atoms with Gasteiger partial charge in [-0.25, -0.2) is 9.97 Å². The number of carbonyl (C=O) groups excluding carboxylic acids is 1. The Kier molecular flexibility index (Phi) is 4.72. The van der Waals surface area contributed by atoms with Crippen LogP contribution in [0.15, 0.2) is 16.9 Å². The number of imidazole rings is 1. The highest BCUT2D eigenvalue weighted by Gasteiger charge is 2.13. The molecule has 5 nitrogen and oxygen atoms in total. The first-order valence-electron chi connectivity index (χ1n) is 6.45. The normalized spacial score (nSPS) is 12.0. The minimum absolute atomic E-state index is 0.376. The van der Waals surface area contributed by atoms with E-state index < -0.39 is 8.07 Å². The molecular formula is C13H18BrN3O2Si. The van der Waals surface area contributed by atoms with Crippen molar-refractivity contribution in [3.63, 3.8) is 0 Å². The molecule has 0 saturated heterocycles. The van der Waals surface area contributed by atoms with Crippen LogP contribution in [-0.4, -0.2) is 35.5 Å². The first kappa shape index (κ1) is 15.3. The molecule has 0 aliphatic heterocycles. The second-order valence-electron chi connectivity index (χ2n) is 5.88. The fourth-order valence-corrected chi connectivity index (χ4v) is 2.85. The Morgan fingerprint density at radius 2 is 2.20 bits per heavy atom. The lowest BCUT2D eigenvalue weighted by atomic mass is 10.3. The van der Waals surface area contributed by atoms with Gasteiger partial charge < -0.3 is 4.74 Å². The third-order valence-electron chi connectivity index (χ3n) is 2.91. The van der Waals surface area contributed by atoms with Gasteiger partial charge in [0.25, 0.3) is 0 Å². The zero-order valence-electron chi connectivity index (χ0n) is 11.9. The zero-order chi connectivity index (χ0) is 14.8. The van der Waals surface area contributed by atoms with Gasteiger partial charge in [0.1, 0.15) is 17.9 Å². The first-order valence-corrected chi connectivity index (χ1v) is 10.9. The Morgan fingerprint density at radius 1 is 1.45 bits per heavy atom. The summed E-state index contributed by atoms with van der Waals surface area (Å²) in [6.07, 6.45) is 2.42. The Hall–Kier alpha value is -1.05. The maximum absolute atomic E-state index is 10.9. The van der Waals surface area contributed by atoms with E-state index in [9.17, 15) is 4.79 Å². The summed E-state index contributed by atoms with van der Waals surface area (Å²) in [5, 5.41) is 0. The van der Waals surface area contributed by atoms with E-state index in [4.69, 9.17) is 4.74 Å². The summed E-state index contributed by atoms with van der Waals surface area (Å²) in [5.41, 5.74) is 1.79. The molecule has 20 heavy (non-hydrogen) atoms. The van der Waals surface area contributed by atoms with Crippen LogP contribution in [0.5, 0.6) is 0 Å². The van der Waals surface area contributed by atoms with Gasteiger partial charge in [-0.2, -0.15) is 0 Å². The number of nitrogens with zero attached hydrogens (tertiary/aromatic N) is 3.